The van der Waals surface area contributed by atoms with Gasteiger partial charge in [-0.15, -0.1) is 0 Å². The number of ether oxygens (including phenoxy) is 1. The number of halogens is 2. The molecule has 168 valence electrons. The summed E-state index contributed by atoms with van der Waals surface area (Å²) in [5.41, 5.74) is 2.41. The van der Waals surface area contributed by atoms with E-state index in [4.69, 9.17) is 9.72 Å². The maximum Gasteiger partial charge on any atom is 0.338 e. The van der Waals surface area contributed by atoms with Crippen LogP contribution in [0.4, 0.5) is 14.5 Å². The van der Waals surface area contributed by atoms with Gasteiger partial charge < -0.3 is 14.7 Å². The Morgan fingerprint density at radius 1 is 1.09 bits per heavy atom. The van der Waals surface area contributed by atoms with Crippen molar-refractivity contribution in [2.75, 3.05) is 31.2 Å². The van der Waals surface area contributed by atoms with Crippen LogP contribution in [0, 0.1) is 11.6 Å². The van der Waals surface area contributed by atoms with Gasteiger partial charge in [-0.05, 0) is 43.2 Å². The summed E-state index contributed by atoms with van der Waals surface area (Å²) in [6.07, 6.45) is 3.31. The van der Waals surface area contributed by atoms with Gasteiger partial charge in [-0.1, -0.05) is 0 Å². The number of hydrogen-bond donors (Lipinski definition) is 1. The number of rotatable bonds is 4. The van der Waals surface area contributed by atoms with Crippen molar-refractivity contribution >= 4 is 33.6 Å². The van der Waals surface area contributed by atoms with E-state index < -0.39 is 17.6 Å². The minimum atomic E-state index is -1.06. The number of imidazole rings is 1. The molecular formula is C24H20F2N4O3. The first kappa shape index (κ1) is 20.0. The smallest absolute Gasteiger partial charge is 0.338 e. The topological polar surface area (TPSA) is 80.5 Å². The Labute approximate surface area is 187 Å². The van der Waals surface area contributed by atoms with E-state index in [0.29, 0.717) is 48.4 Å². The second kappa shape index (κ2) is 7.48. The van der Waals surface area contributed by atoms with E-state index in [1.165, 1.54) is 12.3 Å². The number of carboxylic acids is 1. The van der Waals surface area contributed by atoms with Crippen molar-refractivity contribution in [1.29, 1.82) is 0 Å². The van der Waals surface area contributed by atoms with Gasteiger partial charge in [0.2, 0.25) is 0 Å². The number of aromatic carboxylic acids is 1. The van der Waals surface area contributed by atoms with E-state index in [-0.39, 0.29) is 17.0 Å². The predicted molar refractivity (Wildman–Crippen MR) is 118 cm³/mol. The van der Waals surface area contributed by atoms with Crippen molar-refractivity contribution in [3.05, 3.63) is 59.6 Å². The number of hydrogen-bond acceptors (Lipinski definition) is 5. The SMILES string of the molecule is O=C(O)c1cc(N2CCOCC2)cc2c1nc(C1CC1)n2-c1ccnc2c(F)c(F)ccc12. The van der Waals surface area contributed by atoms with Crippen LogP contribution in [0.1, 0.15) is 34.9 Å². The predicted octanol–water partition coefficient (Wildman–Crippen LogP) is 4.26. The van der Waals surface area contributed by atoms with E-state index in [1.54, 1.807) is 12.1 Å². The fourth-order valence-electron chi connectivity index (χ4n) is 4.56. The van der Waals surface area contributed by atoms with Crippen molar-refractivity contribution in [3.63, 3.8) is 0 Å². The highest BCUT2D eigenvalue weighted by Crippen LogP contribution is 2.43. The van der Waals surface area contributed by atoms with Gasteiger partial charge in [0.1, 0.15) is 16.9 Å². The molecule has 4 aromatic rings. The van der Waals surface area contributed by atoms with Crippen molar-refractivity contribution in [2.24, 2.45) is 0 Å². The quantitative estimate of drug-likeness (QED) is 0.500. The zero-order valence-corrected chi connectivity index (χ0v) is 17.6. The molecule has 2 fully saturated rings. The highest BCUT2D eigenvalue weighted by atomic mass is 19.2. The average molecular weight is 450 g/mol. The largest absolute Gasteiger partial charge is 0.478 e. The Morgan fingerprint density at radius 2 is 1.88 bits per heavy atom. The fourth-order valence-corrected chi connectivity index (χ4v) is 4.56. The first-order valence-corrected chi connectivity index (χ1v) is 10.9. The van der Waals surface area contributed by atoms with Crippen molar-refractivity contribution < 1.29 is 23.4 Å². The number of morpholine rings is 1. The number of nitrogens with zero attached hydrogens (tertiary/aromatic N) is 4. The van der Waals surface area contributed by atoms with Crippen LogP contribution in [0.25, 0.3) is 27.6 Å². The second-order valence-corrected chi connectivity index (χ2v) is 8.43. The Kier molecular flexibility index (Phi) is 4.55. The van der Waals surface area contributed by atoms with Gasteiger partial charge >= 0.3 is 5.97 Å². The van der Waals surface area contributed by atoms with E-state index in [2.05, 4.69) is 9.88 Å². The Bertz CT molecular complexity index is 1420. The molecule has 9 heteroatoms. The third-order valence-corrected chi connectivity index (χ3v) is 6.34. The standard InChI is InChI=1S/C24H20F2N4O3/c25-17-4-3-15-18(5-6-27-22(15)20(17)26)30-19-12-14(29-7-9-33-10-8-29)11-16(24(31)32)21(19)28-23(30)13-1-2-13/h3-6,11-13H,1-2,7-10H2,(H,31,32). The van der Waals surface area contributed by atoms with Crippen LogP contribution in [0.5, 0.6) is 0 Å². The van der Waals surface area contributed by atoms with E-state index in [9.17, 15) is 18.7 Å². The molecule has 0 radical (unpaired) electrons. The van der Waals surface area contributed by atoms with Crippen LogP contribution in [0.2, 0.25) is 0 Å². The molecule has 1 N–H and O–H groups in total. The molecule has 33 heavy (non-hydrogen) atoms. The summed E-state index contributed by atoms with van der Waals surface area (Å²) in [6.45, 7) is 2.42. The molecular weight excluding hydrogens is 430 g/mol. The number of benzene rings is 2. The minimum absolute atomic E-state index is 0.0705. The fraction of sp³-hybridized carbons (Fsp3) is 0.292. The summed E-state index contributed by atoms with van der Waals surface area (Å²) in [4.78, 5) is 23.1. The highest BCUT2D eigenvalue weighted by Gasteiger charge is 2.32. The molecule has 7 nitrogen and oxygen atoms in total. The first-order chi connectivity index (χ1) is 16.0. The zero-order chi connectivity index (χ0) is 22.7. The summed E-state index contributed by atoms with van der Waals surface area (Å²) in [7, 11) is 0. The molecule has 1 saturated carbocycles. The van der Waals surface area contributed by atoms with E-state index in [1.807, 2.05) is 10.6 Å². The van der Waals surface area contributed by atoms with E-state index >= 15 is 0 Å². The first-order valence-electron chi connectivity index (χ1n) is 10.9. The summed E-state index contributed by atoms with van der Waals surface area (Å²) in [5, 5.41) is 10.4. The summed E-state index contributed by atoms with van der Waals surface area (Å²) in [6, 6.07) is 7.90. The van der Waals surface area contributed by atoms with Crippen molar-refractivity contribution in [3.8, 4) is 5.69 Å². The van der Waals surface area contributed by atoms with Crippen LogP contribution in [-0.2, 0) is 4.74 Å². The second-order valence-electron chi connectivity index (χ2n) is 8.43. The van der Waals surface area contributed by atoms with Crippen molar-refractivity contribution in [2.45, 2.75) is 18.8 Å². The summed E-state index contributed by atoms with van der Waals surface area (Å²) in [5.74, 6) is -2.13. The lowest BCUT2D eigenvalue weighted by Crippen LogP contribution is -2.36. The molecule has 1 aliphatic carbocycles. The number of carbonyl (C=O) groups is 1. The van der Waals surface area contributed by atoms with Gasteiger partial charge in [0.15, 0.2) is 11.6 Å². The maximum absolute atomic E-state index is 14.5. The van der Waals surface area contributed by atoms with Crippen LogP contribution in [0.3, 0.4) is 0 Å². The molecule has 0 bridgehead atoms. The number of pyridine rings is 1. The zero-order valence-electron chi connectivity index (χ0n) is 17.6. The Balaban J connectivity index is 1.67. The summed E-state index contributed by atoms with van der Waals surface area (Å²) < 4.78 is 35.7. The molecule has 2 aliphatic rings. The molecule has 1 aliphatic heterocycles. The summed E-state index contributed by atoms with van der Waals surface area (Å²) >= 11 is 0. The molecule has 0 unspecified atom stereocenters. The lowest BCUT2D eigenvalue weighted by atomic mass is 10.1. The molecule has 0 spiro atoms. The molecule has 2 aromatic heterocycles. The van der Waals surface area contributed by atoms with Gasteiger partial charge in [-0.3, -0.25) is 9.55 Å². The van der Waals surface area contributed by atoms with Crippen LogP contribution >= 0.6 is 0 Å². The van der Waals surface area contributed by atoms with Gasteiger partial charge in [-0.2, -0.15) is 0 Å². The number of carboxylic acid groups (broad SMARTS) is 1. The third kappa shape index (κ3) is 3.22. The van der Waals surface area contributed by atoms with Gasteiger partial charge in [0.25, 0.3) is 0 Å². The molecule has 6 rings (SSSR count). The monoisotopic (exact) mass is 450 g/mol. The lowest BCUT2D eigenvalue weighted by Gasteiger charge is -2.29. The lowest BCUT2D eigenvalue weighted by molar-refractivity contribution is 0.0699. The molecule has 2 aromatic carbocycles. The van der Waals surface area contributed by atoms with Gasteiger partial charge in [0.05, 0.1) is 30.0 Å². The van der Waals surface area contributed by atoms with Gasteiger partial charge in [0, 0.05) is 36.3 Å². The van der Waals surface area contributed by atoms with Crippen molar-refractivity contribution in [1.82, 2.24) is 14.5 Å². The molecule has 1 saturated heterocycles. The highest BCUT2D eigenvalue weighted by molar-refractivity contribution is 6.04. The third-order valence-electron chi connectivity index (χ3n) is 6.34. The normalized spacial score (nSPS) is 16.6. The Hall–Kier alpha value is -3.59. The van der Waals surface area contributed by atoms with Crippen LogP contribution in [-0.4, -0.2) is 51.9 Å². The minimum Gasteiger partial charge on any atom is -0.478 e. The van der Waals surface area contributed by atoms with Crippen LogP contribution in [0.15, 0.2) is 36.5 Å². The number of fused-ring (bicyclic) bond motifs is 2. The van der Waals surface area contributed by atoms with Gasteiger partial charge in [-0.25, -0.2) is 18.6 Å². The molecule has 0 atom stereocenters. The van der Waals surface area contributed by atoms with Crippen LogP contribution < -0.4 is 4.90 Å². The van der Waals surface area contributed by atoms with E-state index in [0.717, 1.165) is 30.4 Å². The number of anilines is 1. The maximum atomic E-state index is 14.5. The Morgan fingerprint density at radius 3 is 2.61 bits per heavy atom. The molecule has 0 amide bonds. The molecule has 3 heterocycles. The number of aromatic nitrogens is 3. The average Bonchev–Trinajstić information content (AvgIpc) is 3.61.